The molecule has 1 saturated heterocycles. The summed E-state index contributed by atoms with van der Waals surface area (Å²) in [5.41, 5.74) is 1.03. The van der Waals surface area contributed by atoms with Gasteiger partial charge in [-0.25, -0.2) is 0 Å². The van der Waals surface area contributed by atoms with Gasteiger partial charge in [-0.2, -0.15) is 0 Å². The van der Waals surface area contributed by atoms with Crippen LogP contribution in [0, 0.1) is 5.92 Å². The van der Waals surface area contributed by atoms with Gasteiger partial charge >= 0.3 is 0 Å². The average Bonchev–Trinajstić information content (AvgIpc) is 2.93. The molecule has 2 aliphatic rings. The number of benzene rings is 1. The van der Waals surface area contributed by atoms with Crippen molar-refractivity contribution >= 4 is 17.7 Å². The van der Waals surface area contributed by atoms with Crippen LogP contribution in [0.15, 0.2) is 18.2 Å². The second-order valence-corrected chi connectivity index (χ2v) is 6.65. The highest BCUT2D eigenvalue weighted by atomic mass is 32.2. The van der Waals surface area contributed by atoms with Crippen molar-refractivity contribution in [3.8, 4) is 11.5 Å². The number of thioether (sulfide) groups is 1. The molecule has 0 aromatic heterocycles. The van der Waals surface area contributed by atoms with Crippen molar-refractivity contribution in [2.45, 2.75) is 24.6 Å². The topological polar surface area (TPSA) is 38.8 Å². The van der Waals surface area contributed by atoms with Gasteiger partial charge in [-0.15, -0.1) is 11.8 Å². The first-order chi connectivity index (χ1) is 10.3. The van der Waals surface area contributed by atoms with E-state index in [-0.39, 0.29) is 11.3 Å². The maximum absolute atomic E-state index is 12.6. The monoisotopic (exact) mass is 307 g/mol. The fourth-order valence-corrected chi connectivity index (χ4v) is 4.23. The van der Waals surface area contributed by atoms with Gasteiger partial charge in [0.25, 0.3) is 0 Å². The van der Waals surface area contributed by atoms with E-state index in [1.165, 1.54) is 6.42 Å². The molecule has 1 heterocycles. The van der Waals surface area contributed by atoms with Crippen molar-refractivity contribution in [1.82, 2.24) is 4.90 Å². The summed E-state index contributed by atoms with van der Waals surface area (Å²) < 4.78 is 10.9. The van der Waals surface area contributed by atoms with Crippen LogP contribution in [0.5, 0.6) is 11.5 Å². The van der Waals surface area contributed by atoms with Crippen molar-refractivity contribution < 1.29 is 14.3 Å². The molecule has 3 rings (SSSR count). The van der Waals surface area contributed by atoms with Gasteiger partial charge in [0.2, 0.25) is 5.91 Å². The quantitative estimate of drug-likeness (QED) is 0.857. The van der Waals surface area contributed by atoms with E-state index < -0.39 is 0 Å². The third-order valence-electron chi connectivity index (χ3n) is 4.33. The summed E-state index contributed by atoms with van der Waals surface area (Å²) in [4.78, 5) is 14.6. The first-order valence-corrected chi connectivity index (χ1v) is 8.44. The molecule has 1 atom stereocenters. The van der Waals surface area contributed by atoms with Gasteiger partial charge in [-0.1, -0.05) is 18.6 Å². The molecule has 0 spiro atoms. The van der Waals surface area contributed by atoms with Crippen LogP contribution < -0.4 is 9.47 Å². The highest BCUT2D eigenvalue weighted by Crippen LogP contribution is 2.46. The molecule has 0 N–H and O–H groups in total. The first-order valence-electron chi connectivity index (χ1n) is 7.39. The Balaban J connectivity index is 1.89. The third kappa shape index (κ3) is 2.59. The first kappa shape index (κ1) is 14.6. The van der Waals surface area contributed by atoms with Gasteiger partial charge in [0, 0.05) is 23.8 Å². The van der Waals surface area contributed by atoms with E-state index in [9.17, 15) is 4.79 Å². The minimum atomic E-state index is 0.0446. The van der Waals surface area contributed by atoms with E-state index in [2.05, 4.69) is 0 Å². The molecular weight excluding hydrogens is 286 g/mol. The fraction of sp³-hybridized carbons (Fsp3) is 0.562. The van der Waals surface area contributed by atoms with Crippen LogP contribution in [0.4, 0.5) is 0 Å². The lowest BCUT2D eigenvalue weighted by atomic mass is 9.84. The Hall–Kier alpha value is -1.36. The molecule has 1 saturated carbocycles. The maximum atomic E-state index is 12.6. The number of rotatable bonds is 4. The van der Waals surface area contributed by atoms with Gasteiger partial charge < -0.3 is 14.4 Å². The lowest BCUT2D eigenvalue weighted by Crippen LogP contribution is -2.38. The second kappa shape index (κ2) is 6.18. The second-order valence-electron chi connectivity index (χ2n) is 5.47. The van der Waals surface area contributed by atoms with E-state index in [0.717, 1.165) is 42.2 Å². The van der Waals surface area contributed by atoms with Gasteiger partial charge in [0.15, 0.2) is 11.5 Å². The lowest BCUT2D eigenvalue weighted by molar-refractivity contribution is -0.138. The Morgan fingerprint density at radius 2 is 2.10 bits per heavy atom. The zero-order valence-electron chi connectivity index (χ0n) is 12.5. The number of methoxy groups -OCH3 is 2. The molecule has 114 valence electrons. The Kier molecular flexibility index (Phi) is 4.29. The lowest BCUT2D eigenvalue weighted by Gasteiger charge is -2.32. The van der Waals surface area contributed by atoms with Crippen molar-refractivity contribution in [2.24, 2.45) is 5.92 Å². The zero-order chi connectivity index (χ0) is 14.8. The van der Waals surface area contributed by atoms with Gasteiger partial charge in [-0.05, 0) is 18.9 Å². The minimum absolute atomic E-state index is 0.0446. The van der Waals surface area contributed by atoms with Crippen molar-refractivity contribution in [3.05, 3.63) is 23.8 Å². The molecule has 1 aliphatic carbocycles. The smallest absolute Gasteiger partial charge is 0.226 e. The molecule has 5 heteroatoms. The number of para-hydroxylation sites is 1. The molecule has 21 heavy (non-hydrogen) atoms. The van der Waals surface area contributed by atoms with Crippen LogP contribution in [0.3, 0.4) is 0 Å². The largest absolute Gasteiger partial charge is 0.493 e. The Bertz CT molecular complexity index is 530. The summed E-state index contributed by atoms with van der Waals surface area (Å²) in [7, 11) is 3.29. The van der Waals surface area contributed by atoms with Crippen LogP contribution in [-0.4, -0.2) is 37.3 Å². The highest BCUT2D eigenvalue weighted by Gasteiger charge is 2.38. The van der Waals surface area contributed by atoms with Crippen molar-refractivity contribution in [3.63, 3.8) is 0 Å². The number of nitrogens with zero attached hydrogens (tertiary/aromatic N) is 1. The van der Waals surface area contributed by atoms with E-state index in [4.69, 9.17) is 9.47 Å². The number of carbonyl (C=O) groups is 1. The zero-order valence-corrected chi connectivity index (χ0v) is 13.3. The van der Waals surface area contributed by atoms with Crippen LogP contribution in [0.1, 0.15) is 30.2 Å². The van der Waals surface area contributed by atoms with E-state index in [1.54, 1.807) is 26.0 Å². The molecule has 1 aliphatic heterocycles. The minimum Gasteiger partial charge on any atom is -0.493 e. The SMILES string of the molecule is COc1cccc([C@@H]2SCCN2C(=O)C2CCC2)c1OC. The Labute approximate surface area is 129 Å². The van der Waals surface area contributed by atoms with Crippen LogP contribution in [-0.2, 0) is 4.79 Å². The summed E-state index contributed by atoms with van der Waals surface area (Å²) in [6.45, 7) is 0.824. The molecule has 1 aromatic rings. The molecule has 0 radical (unpaired) electrons. The summed E-state index contributed by atoms with van der Waals surface area (Å²) in [6, 6.07) is 5.88. The summed E-state index contributed by atoms with van der Waals surface area (Å²) in [6.07, 6.45) is 3.27. The standard InChI is InChI=1S/C16H21NO3S/c1-19-13-8-4-7-12(14(13)20-2)16-17(9-10-21-16)15(18)11-5-3-6-11/h4,7-8,11,16H,3,5-6,9-10H2,1-2H3/t16-/m0/s1. The van der Waals surface area contributed by atoms with Gasteiger partial charge in [0.1, 0.15) is 5.37 Å². The van der Waals surface area contributed by atoms with Crippen LogP contribution in [0.25, 0.3) is 0 Å². The summed E-state index contributed by atoms with van der Waals surface area (Å²) in [5, 5.41) is 0.0446. The predicted molar refractivity (Wildman–Crippen MR) is 83.8 cm³/mol. The van der Waals surface area contributed by atoms with E-state index in [1.807, 2.05) is 23.1 Å². The summed E-state index contributed by atoms with van der Waals surface area (Å²) >= 11 is 1.80. The van der Waals surface area contributed by atoms with Gasteiger partial charge in [0.05, 0.1) is 14.2 Å². The Morgan fingerprint density at radius 3 is 2.71 bits per heavy atom. The summed E-state index contributed by atoms with van der Waals surface area (Å²) in [5.74, 6) is 2.98. The van der Waals surface area contributed by atoms with Crippen LogP contribution >= 0.6 is 11.8 Å². The van der Waals surface area contributed by atoms with Gasteiger partial charge in [-0.3, -0.25) is 4.79 Å². The third-order valence-corrected chi connectivity index (χ3v) is 5.57. The molecule has 2 fully saturated rings. The molecule has 1 amide bonds. The number of amides is 1. The molecule has 0 unspecified atom stereocenters. The average molecular weight is 307 g/mol. The Morgan fingerprint density at radius 1 is 1.29 bits per heavy atom. The number of hydrogen-bond acceptors (Lipinski definition) is 4. The fourth-order valence-electron chi connectivity index (χ4n) is 2.95. The van der Waals surface area contributed by atoms with Crippen molar-refractivity contribution in [1.29, 1.82) is 0 Å². The van der Waals surface area contributed by atoms with Crippen LogP contribution in [0.2, 0.25) is 0 Å². The number of carbonyl (C=O) groups excluding carboxylic acids is 1. The molecular formula is C16H21NO3S. The number of hydrogen-bond donors (Lipinski definition) is 0. The number of ether oxygens (including phenoxy) is 2. The molecule has 1 aromatic carbocycles. The van der Waals surface area contributed by atoms with E-state index >= 15 is 0 Å². The van der Waals surface area contributed by atoms with Crippen molar-refractivity contribution in [2.75, 3.05) is 26.5 Å². The molecule has 0 bridgehead atoms. The predicted octanol–water partition coefficient (Wildman–Crippen LogP) is 3.08. The van der Waals surface area contributed by atoms with E-state index in [0.29, 0.717) is 5.91 Å². The molecule has 4 nitrogen and oxygen atoms in total. The highest BCUT2D eigenvalue weighted by molar-refractivity contribution is 7.99. The maximum Gasteiger partial charge on any atom is 0.226 e. The normalized spacial score (nSPS) is 22.0.